The van der Waals surface area contributed by atoms with E-state index in [9.17, 15) is 9.59 Å². The molecule has 1 aromatic heterocycles. The number of nitrogens with one attached hydrogen (secondary N) is 1. The van der Waals surface area contributed by atoms with Crippen LogP contribution in [0.25, 0.3) is 0 Å². The highest BCUT2D eigenvalue weighted by Gasteiger charge is 2.37. The fourth-order valence-electron chi connectivity index (χ4n) is 3.78. The van der Waals surface area contributed by atoms with Crippen molar-refractivity contribution in [2.24, 2.45) is 0 Å². The zero-order valence-electron chi connectivity index (χ0n) is 16.4. The molecule has 0 radical (unpaired) electrons. The number of rotatable bonds is 5. The summed E-state index contributed by atoms with van der Waals surface area (Å²) in [6.07, 6.45) is 2.33. The summed E-state index contributed by atoms with van der Waals surface area (Å²) in [6, 6.07) is 18.9. The summed E-state index contributed by atoms with van der Waals surface area (Å²) in [5, 5.41) is 0. The van der Waals surface area contributed by atoms with Crippen LogP contribution in [0.4, 0.5) is 0 Å². The SMILES string of the molecule is CN(Cc1ccccc1)C(=O)[C@@H]1Cc2nc[nH]c2CN1C(=O)Cc1ccccc1. The van der Waals surface area contributed by atoms with E-state index in [1.165, 1.54) is 0 Å². The lowest BCUT2D eigenvalue weighted by molar-refractivity contribution is -0.146. The molecule has 148 valence electrons. The van der Waals surface area contributed by atoms with Crippen LogP contribution >= 0.6 is 0 Å². The van der Waals surface area contributed by atoms with Crippen molar-refractivity contribution in [3.05, 3.63) is 89.5 Å². The van der Waals surface area contributed by atoms with Gasteiger partial charge in [0.25, 0.3) is 0 Å². The first-order valence-corrected chi connectivity index (χ1v) is 9.75. The van der Waals surface area contributed by atoms with Crippen molar-refractivity contribution in [3.8, 4) is 0 Å². The molecule has 29 heavy (non-hydrogen) atoms. The Bertz CT molecular complexity index is 984. The van der Waals surface area contributed by atoms with Crippen molar-refractivity contribution in [1.29, 1.82) is 0 Å². The predicted octanol–water partition coefficient (Wildman–Crippen LogP) is 2.56. The van der Waals surface area contributed by atoms with Gasteiger partial charge in [0.05, 0.1) is 30.7 Å². The van der Waals surface area contributed by atoms with E-state index in [4.69, 9.17) is 0 Å². The first kappa shape index (κ1) is 18.9. The van der Waals surface area contributed by atoms with Crippen LogP contribution in [0.15, 0.2) is 67.0 Å². The molecule has 0 fully saturated rings. The minimum Gasteiger partial charge on any atom is -0.347 e. The maximum atomic E-state index is 13.3. The van der Waals surface area contributed by atoms with Gasteiger partial charge < -0.3 is 14.8 Å². The van der Waals surface area contributed by atoms with Crippen LogP contribution in [0, 0.1) is 0 Å². The molecule has 0 aliphatic carbocycles. The lowest BCUT2D eigenvalue weighted by Gasteiger charge is -2.36. The number of hydrogen-bond acceptors (Lipinski definition) is 3. The molecule has 2 heterocycles. The van der Waals surface area contributed by atoms with Crippen LogP contribution in [-0.4, -0.2) is 44.7 Å². The van der Waals surface area contributed by atoms with Crippen LogP contribution in [0.1, 0.15) is 22.5 Å². The molecule has 3 aromatic rings. The molecule has 0 unspecified atom stereocenters. The van der Waals surface area contributed by atoms with E-state index in [0.717, 1.165) is 22.5 Å². The molecule has 1 N–H and O–H groups in total. The Morgan fingerprint density at radius 3 is 2.41 bits per heavy atom. The van der Waals surface area contributed by atoms with Gasteiger partial charge in [0, 0.05) is 20.0 Å². The highest BCUT2D eigenvalue weighted by molar-refractivity contribution is 5.89. The van der Waals surface area contributed by atoms with Gasteiger partial charge in [-0.1, -0.05) is 60.7 Å². The quantitative estimate of drug-likeness (QED) is 0.730. The normalized spacial score (nSPS) is 15.6. The van der Waals surface area contributed by atoms with Gasteiger partial charge in [0.15, 0.2) is 0 Å². The van der Waals surface area contributed by atoms with E-state index < -0.39 is 6.04 Å². The fraction of sp³-hybridized carbons (Fsp3) is 0.261. The molecule has 0 saturated heterocycles. The third kappa shape index (κ3) is 4.21. The summed E-state index contributed by atoms with van der Waals surface area (Å²) < 4.78 is 0. The Morgan fingerprint density at radius 1 is 1.07 bits per heavy atom. The third-order valence-corrected chi connectivity index (χ3v) is 5.34. The molecule has 6 nitrogen and oxygen atoms in total. The Morgan fingerprint density at radius 2 is 1.72 bits per heavy atom. The van der Waals surface area contributed by atoms with E-state index in [0.29, 0.717) is 19.5 Å². The average Bonchev–Trinajstić information content (AvgIpc) is 3.21. The Labute approximate surface area is 170 Å². The summed E-state index contributed by atoms with van der Waals surface area (Å²) in [7, 11) is 1.79. The van der Waals surface area contributed by atoms with Gasteiger partial charge in [-0.15, -0.1) is 0 Å². The van der Waals surface area contributed by atoms with Gasteiger partial charge in [-0.3, -0.25) is 9.59 Å². The number of likely N-dealkylation sites (N-methyl/N-ethyl adjacent to an activating group) is 1. The van der Waals surface area contributed by atoms with Crippen molar-refractivity contribution < 1.29 is 9.59 Å². The number of carbonyl (C=O) groups excluding carboxylic acids is 2. The van der Waals surface area contributed by atoms with Crippen LogP contribution < -0.4 is 0 Å². The number of aromatic nitrogens is 2. The predicted molar refractivity (Wildman–Crippen MR) is 110 cm³/mol. The number of fused-ring (bicyclic) bond motifs is 1. The minimum absolute atomic E-state index is 0.0529. The maximum Gasteiger partial charge on any atom is 0.245 e. The van der Waals surface area contributed by atoms with Crippen molar-refractivity contribution >= 4 is 11.8 Å². The number of H-pyrrole nitrogens is 1. The number of amides is 2. The molecule has 0 spiro atoms. The maximum absolute atomic E-state index is 13.3. The fourth-order valence-corrected chi connectivity index (χ4v) is 3.78. The average molecular weight is 388 g/mol. The van der Waals surface area contributed by atoms with Crippen LogP contribution in [0.5, 0.6) is 0 Å². The van der Waals surface area contributed by atoms with Gasteiger partial charge in [-0.2, -0.15) is 0 Å². The number of nitrogens with zero attached hydrogens (tertiary/aromatic N) is 3. The molecule has 1 atom stereocenters. The number of aromatic amines is 1. The summed E-state index contributed by atoms with van der Waals surface area (Å²) in [5.41, 5.74) is 3.76. The molecule has 6 heteroatoms. The van der Waals surface area contributed by atoms with E-state index in [1.807, 2.05) is 60.7 Å². The van der Waals surface area contributed by atoms with Crippen molar-refractivity contribution in [3.63, 3.8) is 0 Å². The number of benzene rings is 2. The number of imidazole rings is 1. The summed E-state index contributed by atoms with van der Waals surface area (Å²) in [6.45, 7) is 0.876. The molecular formula is C23H24N4O2. The van der Waals surface area contributed by atoms with Crippen LogP contribution in [0.3, 0.4) is 0 Å². The van der Waals surface area contributed by atoms with E-state index in [1.54, 1.807) is 23.2 Å². The second-order valence-corrected chi connectivity index (χ2v) is 7.41. The highest BCUT2D eigenvalue weighted by Crippen LogP contribution is 2.23. The van der Waals surface area contributed by atoms with Gasteiger partial charge in [0.2, 0.25) is 11.8 Å². The zero-order chi connectivity index (χ0) is 20.2. The smallest absolute Gasteiger partial charge is 0.245 e. The third-order valence-electron chi connectivity index (χ3n) is 5.34. The van der Waals surface area contributed by atoms with Crippen LogP contribution in [-0.2, 0) is 35.5 Å². The number of carbonyl (C=O) groups is 2. The largest absolute Gasteiger partial charge is 0.347 e. The van der Waals surface area contributed by atoms with Gasteiger partial charge >= 0.3 is 0 Å². The molecule has 1 aliphatic rings. The second-order valence-electron chi connectivity index (χ2n) is 7.41. The van der Waals surface area contributed by atoms with Crippen molar-refractivity contribution in [1.82, 2.24) is 19.8 Å². The Kier molecular flexibility index (Phi) is 5.42. The lowest BCUT2D eigenvalue weighted by Crippen LogP contribution is -2.53. The first-order chi connectivity index (χ1) is 14.1. The zero-order valence-corrected chi connectivity index (χ0v) is 16.4. The molecule has 2 amide bonds. The molecular weight excluding hydrogens is 364 g/mol. The Hall–Kier alpha value is -3.41. The van der Waals surface area contributed by atoms with E-state index in [2.05, 4.69) is 9.97 Å². The van der Waals surface area contributed by atoms with Gasteiger partial charge in [-0.25, -0.2) is 4.98 Å². The molecule has 2 aromatic carbocycles. The van der Waals surface area contributed by atoms with Crippen LogP contribution in [0.2, 0.25) is 0 Å². The van der Waals surface area contributed by atoms with Gasteiger partial charge in [0.1, 0.15) is 6.04 Å². The summed E-state index contributed by atoms with van der Waals surface area (Å²) >= 11 is 0. The lowest BCUT2D eigenvalue weighted by atomic mass is 9.99. The summed E-state index contributed by atoms with van der Waals surface area (Å²) in [4.78, 5) is 37.2. The standard InChI is InChI=1S/C23H24N4O2/c1-26(14-18-10-6-3-7-11-18)23(29)21-13-19-20(25-16-24-19)15-27(21)22(28)12-17-8-4-2-5-9-17/h2-11,16,21H,12-15H2,1H3,(H,24,25)/t21-/m0/s1. The summed E-state index contributed by atoms with van der Waals surface area (Å²) in [5.74, 6) is -0.119. The van der Waals surface area contributed by atoms with E-state index >= 15 is 0 Å². The Balaban J connectivity index is 1.54. The topological polar surface area (TPSA) is 69.3 Å². The first-order valence-electron chi connectivity index (χ1n) is 9.75. The van der Waals surface area contributed by atoms with Crippen molar-refractivity contribution in [2.75, 3.05) is 7.05 Å². The van der Waals surface area contributed by atoms with Crippen molar-refractivity contribution in [2.45, 2.75) is 32.0 Å². The van der Waals surface area contributed by atoms with Gasteiger partial charge in [-0.05, 0) is 11.1 Å². The highest BCUT2D eigenvalue weighted by atomic mass is 16.2. The molecule has 4 rings (SSSR count). The van der Waals surface area contributed by atoms with E-state index in [-0.39, 0.29) is 18.2 Å². The molecule has 0 saturated carbocycles. The minimum atomic E-state index is -0.546. The second kappa shape index (κ2) is 8.31. The molecule has 1 aliphatic heterocycles. The monoisotopic (exact) mass is 388 g/mol. The molecule has 0 bridgehead atoms. The number of hydrogen-bond donors (Lipinski definition) is 1.